The monoisotopic (exact) mass is 429 g/mol. The van der Waals surface area contributed by atoms with Crippen LogP contribution < -0.4 is 14.8 Å². The number of hydrogen-bond donors (Lipinski definition) is 1. The number of carbonyl (C=O) groups excluding carboxylic acids is 1. The fourth-order valence-corrected chi connectivity index (χ4v) is 3.97. The van der Waals surface area contributed by atoms with Crippen LogP contribution in [-0.2, 0) is 4.79 Å². The number of aromatic nitrogens is 6. The highest BCUT2D eigenvalue weighted by Crippen LogP contribution is 2.42. The average molecular weight is 429 g/mol. The van der Waals surface area contributed by atoms with Crippen molar-refractivity contribution in [3.8, 4) is 29.7 Å². The van der Waals surface area contributed by atoms with Gasteiger partial charge in [-0.15, -0.1) is 21.7 Å². The second kappa shape index (κ2) is 7.70. The topological polar surface area (TPSA) is 108 Å². The molecule has 1 aliphatic rings. The third-order valence-corrected chi connectivity index (χ3v) is 5.37. The third-order valence-electron chi connectivity index (χ3n) is 5.37. The summed E-state index contributed by atoms with van der Waals surface area (Å²) in [6.07, 6.45) is 7.09. The van der Waals surface area contributed by atoms with Crippen LogP contribution in [0.2, 0.25) is 0 Å². The third kappa shape index (κ3) is 3.20. The number of terminal acetylenes is 1. The Hall–Kier alpha value is -4.39. The molecular weight excluding hydrogens is 410 g/mol. The highest BCUT2D eigenvalue weighted by Gasteiger charge is 2.33. The molecule has 4 heterocycles. The molecule has 10 heteroatoms. The van der Waals surface area contributed by atoms with Crippen molar-refractivity contribution in [3.63, 3.8) is 0 Å². The molecule has 4 aromatic rings. The number of ether oxygens (including phenoxy) is 2. The van der Waals surface area contributed by atoms with Gasteiger partial charge >= 0.3 is 0 Å². The van der Waals surface area contributed by atoms with E-state index < -0.39 is 0 Å². The van der Waals surface area contributed by atoms with Gasteiger partial charge in [0.25, 0.3) is 0 Å². The van der Waals surface area contributed by atoms with Crippen molar-refractivity contribution in [1.29, 1.82) is 0 Å². The Morgan fingerprint density at radius 3 is 2.94 bits per heavy atom. The average Bonchev–Trinajstić information content (AvgIpc) is 3.40. The molecule has 0 radical (unpaired) electrons. The van der Waals surface area contributed by atoms with E-state index in [1.165, 1.54) is 6.33 Å². The number of methoxy groups -OCH3 is 1. The Kier molecular flexibility index (Phi) is 4.71. The van der Waals surface area contributed by atoms with E-state index in [2.05, 4.69) is 31.6 Å². The van der Waals surface area contributed by atoms with E-state index in [0.717, 1.165) is 16.8 Å². The summed E-state index contributed by atoms with van der Waals surface area (Å²) in [5.74, 6) is 4.36. The van der Waals surface area contributed by atoms with Gasteiger partial charge in [0.1, 0.15) is 18.8 Å². The molecule has 1 amide bonds. The van der Waals surface area contributed by atoms with E-state index in [0.29, 0.717) is 28.8 Å². The lowest BCUT2D eigenvalue weighted by Crippen LogP contribution is -2.25. The molecule has 0 aliphatic carbocycles. The number of hydrogen-bond acceptors (Lipinski definition) is 7. The number of carbonyl (C=O) groups is 1. The zero-order valence-corrected chi connectivity index (χ0v) is 17.4. The molecule has 1 aliphatic heterocycles. The van der Waals surface area contributed by atoms with Gasteiger partial charge in [-0.25, -0.2) is 0 Å². The van der Waals surface area contributed by atoms with E-state index in [1.807, 2.05) is 19.1 Å². The molecule has 10 nitrogen and oxygen atoms in total. The van der Waals surface area contributed by atoms with Crippen molar-refractivity contribution in [1.82, 2.24) is 29.6 Å². The molecule has 32 heavy (non-hydrogen) atoms. The lowest BCUT2D eigenvalue weighted by Gasteiger charge is -2.25. The lowest BCUT2D eigenvalue weighted by molar-refractivity contribution is -0.116. The van der Waals surface area contributed by atoms with Crippen LogP contribution in [0.3, 0.4) is 0 Å². The maximum atomic E-state index is 12.7. The summed E-state index contributed by atoms with van der Waals surface area (Å²) in [5.41, 5.74) is 3.25. The van der Waals surface area contributed by atoms with Gasteiger partial charge in [-0.1, -0.05) is 12.0 Å². The standard InChI is InChI=1S/C22H19N7O3/c1-4-9-32-16-6-5-14(10-17(16)31-3)15-11-20(30)24-22-21(15)13(2)26-29(22)19-8-7-18-25-23-12-28(18)27-19/h1,5-8,10,12,15H,9,11H2,2-3H3,(H,24,30)/t15-/m0/s1. The Morgan fingerprint density at radius 2 is 2.12 bits per heavy atom. The molecule has 0 saturated heterocycles. The molecule has 1 N–H and O–H groups in total. The largest absolute Gasteiger partial charge is 0.493 e. The van der Waals surface area contributed by atoms with Gasteiger partial charge < -0.3 is 14.8 Å². The van der Waals surface area contributed by atoms with Crippen LogP contribution >= 0.6 is 0 Å². The number of nitrogens with one attached hydrogen (secondary N) is 1. The van der Waals surface area contributed by atoms with E-state index in [4.69, 9.17) is 15.9 Å². The fourth-order valence-electron chi connectivity index (χ4n) is 3.97. The molecule has 1 atom stereocenters. The zero-order chi connectivity index (χ0) is 22.2. The summed E-state index contributed by atoms with van der Waals surface area (Å²) < 4.78 is 14.2. The summed E-state index contributed by atoms with van der Waals surface area (Å²) in [7, 11) is 1.57. The van der Waals surface area contributed by atoms with Crippen molar-refractivity contribution >= 4 is 17.4 Å². The van der Waals surface area contributed by atoms with Crippen LogP contribution in [0.15, 0.2) is 36.7 Å². The number of anilines is 1. The number of amides is 1. The first-order valence-corrected chi connectivity index (χ1v) is 9.90. The van der Waals surface area contributed by atoms with Crippen LogP contribution in [0.25, 0.3) is 11.5 Å². The zero-order valence-electron chi connectivity index (χ0n) is 17.4. The molecule has 160 valence electrons. The minimum Gasteiger partial charge on any atom is -0.493 e. The van der Waals surface area contributed by atoms with Crippen molar-refractivity contribution in [2.75, 3.05) is 19.0 Å². The van der Waals surface area contributed by atoms with E-state index in [1.54, 1.807) is 34.5 Å². The fraction of sp³-hybridized carbons (Fsp3) is 0.227. The predicted molar refractivity (Wildman–Crippen MR) is 115 cm³/mol. The second-order valence-electron chi connectivity index (χ2n) is 7.29. The lowest BCUT2D eigenvalue weighted by atomic mass is 9.85. The van der Waals surface area contributed by atoms with Gasteiger partial charge in [-0.05, 0) is 36.8 Å². The van der Waals surface area contributed by atoms with Gasteiger partial charge in [0.15, 0.2) is 23.0 Å². The van der Waals surface area contributed by atoms with Crippen molar-refractivity contribution in [3.05, 3.63) is 53.5 Å². The molecule has 0 unspecified atom stereocenters. The Morgan fingerprint density at radius 1 is 1.25 bits per heavy atom. The molecule has 5 rings (SSSR count). The number of benzene rings is 1. The quantitative estimate of drug-likeness (QED) is 0.484. The summed E-state index contributed by atoms with van der Waals surface area (Å²) in [6.45, 7) is 2.06. The molecule has 0 fully saturated rings. The minimum absolute atomic E-state index is 0.111. The summed E-state index contributed by atoms with van der Waals surface area (Å²) in [5, 5.41) is 20.0. The van der Waals surface area contributed by atoms with Gasteiger partial charge in [-0.3, -0.25) is 4.79 Å². The van der Waals surface area contributed by atoms with Crippen LogP contribution in [0.1, 0.15) is 29.2 Å². The number of aryl methyl sites for hydroxylation is 1. The molecule has 0 spiro atoms. The maximum Gasteiger partial charge on any atom is 0.226 e. The minimum atomic E-state index is -0.207. The van der Waals surface area contributed by atoms with E-state index in [9.17, 15) is 4.79 Å². The first-order valence-electron chi connectivity index (χ1n) is 9.90. The van der Waals surface area contributed by atoms with Crippen LogP contribution in [0.4, 0.5) is 5.82 Å². The van der Waals surface area contributed by atoms with E-state index >= 15 is 0 Å². The second-order valence-corrected chi connectivity index (χ2v) is 7.29. The van der Waals surface area contributed by atoms with Crippen LogP contribution in [0, 0.1) is 19.3 Å². The highest BCUT2D eigenvalue weighted by atomic mass is 16.5. The number of rotatable bonds is 5. The smallest absolute Gasteiger partial charge is 0.226 e. The SMILES string of the molecule is C#CCOc1ccc([C@@H]2CC(=O)Nc3c2c(C)nn3-c2ccc3nncn3n2)cc1OC. The van der Waals surface area contributed by atoms with Crippen LogP contribution in [0.5, 0.6) is 11.5 Å². The van der Waals surface area contributed by atoms with Gasteiger partial charge in [-0.2, -0.15) is 14.3 Å². The van der Waals surface area contributed by atoms with Crippen molar-refractivity contribution in [2.45, 2.75) is 19.3 Å². The Bertz CT molecular complexity index is 1380. The molecule has 0 bridgehead atoms. The number of nitrogens with zero attached hydrogens (tertiary/aromatic N) is 6. The molecular formula is C22H19N7O3. The van der Waals surface area contributed by atoms with Crippen LogP contribution in [-0.4, -0.2) is 49.2 Å². The molecule has 1 aromatic carbocycles. The predicted octanol–water partition coefficient (Wildman–Crippen LogP) is 2.11. The van der Waals surface area contributed by atoms with Crippen molar-refractivity contribution in [2.24, 2.45) is 0 Å². The van der Waals surface area contributed by atoms with Gasteiger partial charge in [0, 0.05) is 17.9 Å². The first-order chi connectivity index (χ1) is 15.6. The van der Waals surface area contributed by atoms with E-state index in [-0.39, 0.29) is 24.9 Å². The normalized spacial score (nSPS) is 15.2. The van der Waals surface area contributed by atoms with Crippen molar-refractivity contribution < 1.29 is 14.3 Å². The molecule has 3 aromatic heterocycles. The maximum absolute atomic E-state index is 12.7. The summed E-state index contributed by atoms with van der Waals surface area (Å²) in [4.78, 5) is 12.7. The summed E-state index contributed by atoms with van der Waals surface area (Å²) >= 11 is 0. The highest BCUT2D eigenvalue weighted by molar-refractivity contribution is 5.95. The molecule has 0 saturated carbocycles. The number of fused-ring (bicyclic) bond motifs is 2. The van der Waals surface area contributed by atoms with Gasteiger partial charge in [0.2, 0.25) is 5.91 Å². The first kappa shape index (κ1) is 19.6. The Balaban J connectivity index is 1.59. The summed E-state index contributed by atoms with van der Waals surface area (Å²) in [6, 6.07) is 9.17. The Labute approximate surface area is 183 Å². The van der Waals surface area contributed by atoms with Gasteiger partial charge in [0.05, 0.1) is 12.8 Å².